The van der Waals surface area contributed by atoms with Gasteiger partial charge < -0.3 is 0 Å². The van der Waals surface area contributed by atoms with Gasteiger partial charge in [-0.15, -0.1) is 0 Å². The molecule has 0 amide bonds. The van der Waals surface area contributed by atoms with E-state index in [-0.39, 0.29) is 11.7 Å². The highest BCUT2D eigenvalue weighted by atomic mass is 17.2. The van der Waals surface area contributed by atoms with Gasteiger partial charge in [0.1, 0.15) is 11.7 Å². The predicted molar refractivity (Wildman–Crippen MR) is 69.8 cm³/mol. The monoisotopic (exact) mass is 240 g/mol. The third-order valence-electron chi connectivity index (χ3n) is 3.48. The van der Waals surface area contributed by atoms with Crippen molar-refractivity contribution < 1.29 is 9.78 Å². The second-order valence-electron chi connectivity index (χ2n) is 4.88. The van der Waals surface area contributed by atoms with Gasteiger partial charge in [0, 0.05) is 6.42 Å². The van der Waals surface area contributed by atoms with Crippen molar-refractivity contribution in [3.05, 3.63) is 71.8 Å². The van der Waals surface area contributed by atoms with Crippen molar-refractivity contribution in [1.82, 2.24) is 0 Å². The molecule has 0 unspecified atom stereocenters. The lowest BCUT2D eigenvalue weighted by Gasteiger charge is -2.20. The van der Waals surface area contributed by atoms with Crippen molar-refractivity contribution in [3.63, 3.8) is 0 Å². The summed E-state index contributed by atoms with van der Waals surface area (Å²) in [5.41, 5.74) is 1.96. The predicted octanol–water partition coefficient (Wildman–Crippen LogP) is 4.00. The van der Waals surface area contributed by atoms with Crippen molar-refractivity contribution >= 4 is 0 Å². The highest BCUT2D eigenvalue weighted by Gasteiger charge is 2.40. The molecule has 0 bridgehead atoms. The highest BCUT2D eigenvalue weighted by molar-refractivity contribution is 5.25. The first kappa shape index (κ1) is 11.5. The summed E-state index contributed by atoms with van der Waals surface area (Å²) in [4.78, 5) is 11.1. The molecule has 0 aromatic heterocycles. The highest BCUT2D eigenvalue weighted by Crippen LogP contribution is 2.43. The van der Waals surface area contributed by atoms with Crippen LogP contribution in [-0.2, 0) is 15.4 Å². The molecule has 0 spiro atoms. The summed E-state index contributed by atoms with van der Waals surface area (Å²) in [6.45, 7) is 2.07. The Labute approximate surface area is 107 Å². The fourth-order valence-corrected chi connectivity index (χ4v) is 2.38. The maximum Gasteiger partial charge on any atom is 0.129 e. The molecule has 3 rings (SSSR count). The molecular formula is C16H16O2. The molecule has 92 valence electrons. The first-order valence-corrected chi connectivity index (χ1v) is 6.23. The topological polar surface area (TPSA) is 18.5 Å². The Morgan fingerprint density at radius 1 is 0.944 bits per heavy atom. The minimum atomic E-state index is -0.359. The zero-order valence-electron chi connectivity index (χ0n) is 10.4. The smallest absolute Gasteiger partial charge is 0.129 e. The van der Waals surface area contributed by atoms with Crippen molar-refractivity contribution in [1.29, 1.82) is 0 Å². The van der Waals surface area contributed by atoms with Gasteiger partial charge in [0.15, 0.2) is 0 Å². The second-order valence-corrected chi connectivity index (χ2v) is 4.88. The number of benzene rings is 2. The Hall–Kier alpha value is -1.64. The van der Waals surface area contributed by atoms with Gasteiger partial charge in [0.25, 0.3) is 0 Å². The minimum Gasteiger partial charge on any atom is -0.228 e. The Bertz CT molecular complexity index is 509. The van der Waals surface area contributed by atoms with Gasteiger partial charge in [-0.25, -0.2) is 9.78 Å². The molecule has 1 heterocycles. The molecule has 1 saturated heterocycles. The van der Waals surface area contributed by atoms with Gasteiger partial charge in [-0.3, -0.25) is 0 Å². The summed E-state index contributed by atoms with van der Waals surface area (Å²) in [5.74, 6) is 0. The SMILES string of the molecule is C[C@@]1(c2ccccc2)C[C@@H](c2ccccc2)OO1. The molecule has 0 saturated carbocycles. The molecule has 1 aliphatic rings. The van der Waals surface area contributed by atoms with E-state index in [1.54, 1.807) is 0 Å². The van der Waals surface area contributed by atoms with Crippen LogP contribution in [-0.4, -0.2) is 0 Å². The molecular weight excluding hydrogens is 224 g/mol. The Balaban J connectivity index is 1.83. The molecule has 18 heavy (non-hydrogen) atoms. The average molecular weight is 240 g/mol. The van der Waals surface area contributed by atoms with Crippen molar-refractivity contribution in [2.24, 2.45) is 0 Å². The summed E-state index contributed by atoms with van der Waals surface area (Å²) in [7, 11) is 0. The minimum absolute atomic E-state index is 0.0106. The molecule has 1 fully saturated rings. The van der Waals surface area contributed by atoms with Gasteiger partial charge in [-0.1, -0.05) is 60.7 Å². The quantitative estimate of drug-likeness (QED) is 0.739. The van der Waals surface area contributed by atoms with Crippen LogP contribution in [0.3, 0.4) is 0 Å². The molecule has 0 radical (unpaired) electrons. The van der Waals surface area contributed by atoms with E-state index in [1.165, 1.54) is 0 Å². The summed E-state index contributed by atoms with van der Waals surface area (Å²) < 4.78 is 0. The molecule has 2 nitrogen and oxygen atoms in total. The van der Waals surface area contributed by atoms with Crippen LogP contribution in [0.5, 0.6) is 0 Å². The molecule has 0 N–H and O–H groups in total. The van der Waals surface area contributed by atoms with Gasteiger partial charge in [-0.05, 0) is 18.1 Å². The first-order chi connectivity index (χ1) is 8.78. The zero-order valence-corrected chi connectivity index (χ0v) is 10.4. The lowest BCUT2D eigenvalue weighted by Crippen LogP contribution is -2.19. The summed E-state index contributed by atoms with van der Waals surface area (Å²) in [6, 6.07) is 20.4. The van der Waals surface area contributed by atoms with E-state index in [0.29, 0.717) is 0 Å². The van der Waals surface area contributed by atoms with Crippen LogP contribution in [0.4, 0.5) is 0 Å². The molecule has 2 heteroatoms. The van der Waals surface area contributed by atoms with Crippen LogP contribution in [0.15, 0.2) is 60.7 Å². The fraction of sp³-hybridized carbons (Fsp3) is 0.250. The molecule has 1 aliphatic heterocycles. The fourth-order valence-electron chi connectivity index (χ4n) is 2.38. The van der Waals surface area contributed by atoms with E-state index in [1.807, 2.05) is 36.4 Å². The van der Waals surface area contributed by atoms with Crippen molar-refractivity contribution in [2.75, 3.05) is 0 Å². The summed E-state index contributed by atoms with van der Waals surface area (Å²) in [6.07, 6.45) is 0.845. The normalized spacial score (nSPS) is 27.3. The lowest BCUT2D eigenvalue weighted by atomic mass is 9.89. The molecule has 2 aromatic rings. The molecule has 2 atom stereocenters. The third kappa shape index (κ3) is 2.05. The number of hydrogen-bond donors (Lipinski definition) is 0. The van der Waals surface area contributed by atoms with E-state index in [4.69, 9.17) is 9.78 Å². The van der Waals surface area contributed by atoms with Crippen molar-refractivity contribution in [2.45, 2.75) is 25.0 Å². The standard InChI is InChI=1S/C16H16O2/c1-16(14-10-6-3-7-11-14)12-15(17-18-16)13-8-4-2-5-9-13/h2-11,15H,12H2,1H3/t15-,16-/m0/s1. The third-order valence-corrected chi connectivity index (χ3v) is 3.48. The number of hydrogen-bond acceptors (Lipinski definition) is 2. The van der Waals surface area contributed by atoms with E-state index in [9.17, 15) is 0 Å². The van der Waals surface area contributed by atoms with Gasteiger partial charge in [0.05, 0.1) is 0 Å². The summed E-state index contributed by atoms with van der Waals surface area (Å²) >= 11 is 0. The maximum atomic E-state index is 5.59. The van der Waals surface area contributed by atoms with Crippen LogP contribution < -0.4 is 0 Å². The zero-order chi connectivity index (χ0) is 12.4. The number of rotatable bonds is 2. The van der Waals surface area contributed by atoms with Gasteiger partial charge in [-0.2, -0.15) is 0 Å². The molecule has 0 aliphatic carbocycles. The largest absolute Gasteiger partial charge is 0.228 e. The maximum absolute atomic E-state index is 5.59. The van der Waals surface area contributed by atoms with Gasteiger partial charge in [0.2, 0.25) is 0 Å². The van der Waals surface area contributed by atoms with Crippen LogP contribution in [0.25, 0.3) is 0 Å². The van der Waals surface area contributed by atoms with E-state index < -0.39 is 0 Å². The van der Waals surface area contributed by atoms with E-state index >= 15 is 0 Å². The van der Waals surface area contributed by atoms with Crippen LogP contribution in [0.1, 0.15) is 30.6 Å². The lowest BCUT2D eigenvalue weighted by molar-refractivity contribution is -0.328. The first-order valence-electron chi connectivity index (χ1n) is 6.23. The van der Waals surface area contributed by atoms with Gasteiger partial charge >= 0.3 is 0 Å². The second kappa shape index (κ2) is 4.56. The Kier molecular flexibility index (Phi) is 2.90. The average Bonchev–Trinajstić information content (AvgIpc) is 2.85. The molecule has 2 aromatic carbocycles. The van der Waals surface area contributed by atoms with Crippen molar-refractivity contribution in [3.8, 4) is 0 Å². The van der Waals surface area contributed by atoms with E-state index in [0.717, 1.165) is 17.5 Å². The Morgan fingerprint density at radius 2 is 1.56 bits per heavy atom. The van der Waals surface area contributed by atoms with Crippen LogP contribution in [0.2, 0.25) is 0 Å². The Morgan fingerprint density at radius 3 is 2.22 bits per heavy atom. The van der Waals surface area contributed by atoms with E-state index in [2.05, 4.69) is 31.2 Å². The summed E-state index contributed by atoms with van der Waals surface area (Å²) in [5, 5.41) is 0. The van der Waals surface area contributed by atoms with Crippen LogP contribution in [0, 0.1) is 0 Å². The van der Waals surface area contributed by atoms with Crippen LogP contribution >= 0.6 is 0 Å².